The van der Waals surface area contributed by atoms with E-state index in [4.69, 9.17) is 23.3 Å². The first-order chi connectivity index (χ1) is 11.3. The number of halogens is 6. The van der Waals surface area contributed by atoms with E-state index in [9.17, 15) is 26.3 Å². The number of thiocarbonyl (C=S) groups is 1. The van der Waals surface area contributed by atoms with E-state index in [1.165, 1.54) is 19.1 Å². The molecule has 11 heteroatoms. The SMILES string of the molecule is C[C@](CCC(F)(F)F)(NN)C(=S)Nc1ccc(C#N)c(C(F)(F)F)c1. The van der Waals surface area contributed by atoms with Crippen LogP contribution in [0.1, 0.15) is 30.9 Å². The number of nitrogens with zero attached hydrogens (tertiary/aromatic N) is 1. The molecular formula is C14H14F6N4S. The zero-order chi connectivity index (χ0) is 19.5. The first-order valence-corrected chi connectivity index (χ1v) is 7.20. The van der Waals surface area contributed by atoms with Crippen molar-refractivity contribution in [2.24, 2.45) is 5.84 Å². The third-order valence-electron chi connectivity index (χ3n) is 3.43. The van der Waals surface area contributed by atoms with Gasteiger partial charge in [-0.2, -0.15) is 31.6 Å². The maximum absolute atomic E-state index is 12.9. The zero-order valence-electron chi connectivity index (χ0n) is 12.8. The van der Waals surface area contributed by atoms with Gasteiger partial charge in [-0.15, -0.1) is 0 Å². The molecule has 0 saturated carbocycles. The minimum absolute atomic E-state index is 0.121. The Hall–Kier alpha value is -1.90. The number of anilines is 1. The third-order valence-corrected chi connectivity index (χ3v) is 3.98. The molecule has 0 unspecified atom stereocenters. The molecule has 1 aromatic carbocycles. The van der Waals surface area contributed by atoms with Crippen LogP contribution in [0, 0.1) is 11.3 Å². The summed E-state index contributed by atoms with van der Waals surface area (Å²) in [6.45, 7) is 1.29. The molecule has 0 spiro atoms. The minimum atomic E-state index is -4.77. The van der Waals surface area contributed by atoms with Crippen LogP contribution in [0.25, 0.3) is 0 Å². The molecule has 0 saturated heterocycles. The van der Waals surface area contributed by atoms with E-state index in [0.717, 1.165) is 6.07 Å². The predicted molar refractivity (Wildman–Crippen MR) is 83.4 cm³/mol. The lowest BCUT2D eigenvalue weighted by atomic mass is 9.95. The van der Waals surface area contributed by atoms with Crippen LogP contribution in [-0.4, -0.2) is 16.7 Å². The van der Waals surface area contributed by atoms with Gasteiger partial charge in [0.2, 0.25) is 0 Å². The standard InChI is InChI=1S/C14H14F6N4S/c1-12(24-22,4-5-13(15,16)17)11(25)23-9-3-2-8(7-21)10(6-9)14(18,19)20/h2-3,6,24H,4-5,22H2,1H3,(H,23,25)/t12-/m1/s1. The van der Waals surface area contributed by atoms with Crippen LogP contribution in [0.2, 0.25) is 0 Å². The van der Waals surface area contributed by atoms with Crippen molar-refractivity contribution >= 4 is 22.9 Å². The summed E-state index contributed by atoms with van der Waals surface area (Å²) in [4.78, 5) is -0.211. The van der Waals surface area contributed by atoms with Gasteiger partial charge in [-0.1, -0.05) is 12.2 Å². The zero-order valence-corrected chi connectivity index (χ0v) is 13.7. The topological polar surface area (TPSA) is 73.9 Å². The van der Waals surface area contributed by atoms with Gasteiger partial charge in [0.15, 0.2) is 0 Å². The number of alkyl halides is 6. The smallest absolute Gasteiger partial charge is 0.348 e. The summed E-state index contributed by atoms with van der Waals surface area (Å²) < 4.78 is 76.0. The Morgan fingerprint density at radius 3 is 2.24 bits per heavy atom. The molecule has 4 nitrogen and oxygen atoms in total. The van der Waals surface area contributed by atoms with Gasteiger partial charge in [0.1, 0.15) is 4.99 Å². The molecular weight excluding hydrogens is 370 g/mol. The van der Waals surface area contributed by atoms with Crippen LogP contribution < -0.4 is 16.6 Å². The lowest BCUT2D eigenvalue weighted by molar-refractivity contribution is -0.138. The number of benzene rings is 1. The number of hydrogen-bond acceptors (Lipinski definition) is 4. The summed E-state index contributed by atoms with van der Waals surface area (Å²) >= 11 is 4.99. The molecule has 0 heterocycles. The fraction of sp³-hybridized carbons (Fsp3) is 0.429. The van der Waals surface area contributed by atoms with Crippen LogP contribution in [0.3, 0.4) is 0 Å². The van der Waals surface area contributed by atoms with Crippen molar-refractivity contribution in [3.8, 4) is 6.07 Å². The number of nitrogens with two attached hydrogens (primary N) is 1. The quantitative estimate of drug-likeness (QED) is 0.311. The lowest BCUT2D eigenvalue weighted by Gasteiger charge is -2.30. The Morgan fingerprint density at radius 2 is 1.80 bits per heavy atom. The van der Waals surface area contributed by atoms with Crippen molar-refractivity contribution in [1.82, 2.24) is 5.43 Å². The Kier molecular flexibility index (Phi) is 6.39. The molecule has 0 aromatic heterocycles. The maximum Gasteiger partial charge on any atom is 0.417 e. The average Bonchev–Trinajstić information content (AvgIpc) is 2.51. The molecule has 1 rings (SSSR count). The number of hydrazine groups is 1. The fourth-order valence-corrected chi connectivity index (χ4v) is 2.14. The van der Waals surface area contributed by atoms with Gasteiger partial charge in [0.05, 0.1) is 22.7 Å². The highest BCUT2D eigenvalue weighted by atomic mass is 32.1. The second kappa shape index (κ2) is 7.55. The van der Waals surface area contributed by atoms with Gasteiger partial charge in [0, 0.05) is 12.1 Å². The highest BCUT2D eigenvalue weighted by Crippen LogP contribution is 2.34. The average molecular weight is 384 g/mol. The fourth-order valence-electron chi connectivity index (χ4n) is 1.87. The Balaban J connectivity index is 3.04. The second-order valence-corrected chi connectivity index (χ2v) is 5.82. The van der Waals surface area contributed by atoms with E-state index in [1.807, 2.05) is 0 Å². The van der Waals surface area contributed by atoms with Crippen LogP contribution in [0.15, 0.2) is 18.2 Å². The van der Waals surface area contributed by atoms with Crippen molar-refractivity contribution in [2.75, 3.05) is 5.32 Å². The molecule has 1 atom stereocenters. The minimum Gasteiger partial charge on any atom is -0.348 e. The number of nitriles is 1. The maximum atomic E-state index is 12.9. The molecule has 0 amide bonds. The van der Waals surface area contributed by atoms with E-state index < -0.39 is 41.9 Å². The number of nitrogens with one attached hydrogen (secondary N) is 2. The first kappa shape index (κ1) is 21.1. The van der Waals surface area contributed by atoms with Gasteiger partial charge in [0.25, 0.3) is 0 Å². The van der Waals surface area contributed by atoms with Crippen LogP contribution in [0.5, 0.6) is 0 Å². The lowest BCUT2D eigenvalue weighted by Crippen LogP contribution is -2.55. The molecule has 0 aliphatic heterocycles. The number of rotatable bonds is 5. The highest BCUT2D eigenvalue weighted by Gasteiger charge is 2.37. The largest absolute Gasteiger partial charge is 0.417 e. The van der Waals surface area contributed by atoms with E-state index >= 15 is 0 Å². The summed E-state index contributed by atoms with van der Waals surface area (Å²) in [5, 5.41) is 11.2. The van der Waals surface area contributed by atoms with Crippen molar-refractivity contribution in [2.45, 2.75) is 37.7 Å². The van der Waals surface area contributed by atoms with Gasteiger partial charge in [-0.25, -0.2) is 5.43 Å². The Labute approximate surface area is 145 Å². The van der Waals surface area contributed by atoms with E-state index in [2.05, 4.69) is 10.7 Å². The monoisotopic (exact) mass is 384 g/mol. The molecule has 0 radical (unpaired) electrons. The molecule has 0 bridgehead atoms. The van der Waals surface area contributed by atoms with Crippen molar-refractivity contribution in [3.05, 3.63) is 29.3 Å². The van der Waals surface area contributed by atoms with Gasteiger partial charge < -0.3 is 5.32 Å². The third kappa shape index (κ3) is 5.84. The van der Waals surface area contributed by atoms with Crippen LogP contribution >= 0.6 is 12.2 Å². The summed E-state index contributed by atoms with van der Waals surface area (Å²) in [6.07, 6.45) is -10.9. The predicted octanol–water partition coefficient (Wildman–Crippen LogP) is 3.88. The number of hydrogen-bond donors (Lipinski definition) is 3. The van der Waals surface area contributed by atoms with Crippen molar-refractivity contribution in [3.63, 3.8) is 0 Å². The molecule has 25 heavy (non-hydrogen) atoms. The van der Waals surface area contributed by atoms with Crippen LogP contribution in [-0.2, 0) is 6.18 Å². The van der Waals surface area contributed by atoms with E-state index in [0.29, 0.717) is 6.07 Å². The first-order valence-electron chi connectivity index (χ1n) is 6.80. The normalized spacial score (nSPS) is 14.5. The highest BCUT2D eigenvalue weighted by molar-refractivity contribution is 7.80. The molecule has 4 N–H and O–H groups in total. The van der Waals surface area contributed by atoms with Crippen LogP contribution in [0.4, 0.5) is 32.0 Å². The van der Waals surface area contributed by atoms with Crippen molar-refractivity contribution in [1.29, 1.82) is 5.26 Å². The molecule has 0 aliphatic rings. The van der Waals surface area contributed by atoms with Gasteiger partial charge in [-0.3, -0.25) is 5.84 Å². The summed E-state index contributed by atoms with van der Waals surface area (Å²) in [5.74, 6) is 5.27. The van der Waals surface area contributed by atoms with Crippen molar-refractivity contribution < 1.29 is 26.3 Å². The molecule has 138 valence electrons. The summed E-state index contributed by atoms with van der Waals surface area (Å²) in [6, 6.07) is 4.19. The molecule has 1 aromatic rings. The molecule has 0 aliphatic carbocycles. The Morgan fingerprint density at radius 1 is 1.20 bits per heavy atom. The van der Waals surface area contributed by atoms with E-state index in [-0.39, 0.29) is 10.7 Å². The summed E-state index contributed by atoms with van der Waals surface area (Å²) in [5.41, 5.74) is -1.21. The van der Waals surface area contributed by atoms with E-state index in [1.54, 1.807) is 0 Å². The van der Waals surface area contributed by atoms with Gasteiger partial charge in [-0.05, 0) is 31.5 Å². The second-order valence-electron chi connectivity index (χ2n) is 5.42. The molecule has 0 fully saturated rings. The summed E-state index contributed by atoms with van der Waals surface area (Å²) in [7, 11) is 0. The van der Waals surface area contributed by atoms with Gasteiger partial charge >= 0.3 is 12.4 Å². The Bertz CT molecular complexity index is 679.